The van der Waals surface area contributed by atoms with Crippen LogP contribution < -0.4 is 5.32 Å². The molecule has 0 unspecified atom stereocenters. The van der Waals surface area contributed by atoms with E-state index >= 15 is 0 Å². The fourth-order valence-corrected chi connectivity index (χ4v) is 1.79. The molecule has 0 saturated heterocycles. The summed E-state index contributed by atoms with van der Waals surface area (Å²) < 4.78 is 26.5. The number of hydrogen-bond donors (Lipinski definition) is 1. The largest absolute Gasteiger partial charge is 0.308 e. The highest BCUT2D eigenvalue weighted by atomic mass is 19.1. The van der Waals surface area contributed by atoms with E-state index in [1.165, 1.54) is 24.3 Å². The van der Waals surface area contributed by atoms with E-state index < -0.39 is 0 Å². The first-order valence-corrected chi connectivity index (χ1v) is 5.83. The van der Waals surface area contributed by atoms with Gasteiger partial charge in [-0.25, -0.2) is 8.78 Å². The molecule has 2 nitrogen and oxygen atoms in total. The van der Waals surface area contributed by atoms with Crippen LogP contribution in [0.1, 0.15) is 16.7 Å². The Hall–Kier alpha value is -2.25. The molecule has 0 atom stereocenters. The van der Waals surface area contributed by atoms with Gasteiger partial charge in [-0.05, 0) is 29.8 Å². The Balaban J connectivity index is 2.02. The van der Waals surface area contributed by atoms with Gasteiger partial charge in [0, 0.05) is 18.7 Å². The number of nitriles is 1. The Kier molecular flexibility index (Phi) is 4.22. The summed E-state index contributed by atoms with van der Waals surface area (Å²) in [6.45, 7) is 0.642. The molecule has 0 heterocycles. The van der Waals surface area contributed by atoms with Crippen molar-refractivity contribution in [3.63, 3.8) is 0 Å². The van der Waals surface area contributed by atoms with Crippen LogP contribution in [0.2, 0.25) is 0 Å². The molecule has 1 N–H and O–H groups in total. The maximum Gasteiger partial charge on any atom is 0.127 e. The van der Waals surface area contributed by atoms with E-state index in [2.05, 4.69) is 5.32 Å². The first kappa shape index (κ1) is 13.2. The van der Waals surface area contributed by atoms with Gasteiger partial charge in [-0.1, -0.05) is 18.2 Å². The van der Waals surface area contributed by atoms with Gasteiger partial charge < -0.3 is 5.32 Å². The number of hydrogen-bond acceptors (Lipinski definition) is 2. The highest BCUT2D eigenvalue weighted by Crippen LogP contribution is 2.11. The molecule has 0 amide bonds. The lowest BCUT2D eigenvalue weighted by atomic mass is 10.1. The second-order valence-electron chi connectivity index (χ2n) is 4.11. The number of nitrogens with one attached hydrogen (secondary N) is 1. The lowest BCUT2D eigenvalue weighted by molar-refractivity contribution is 0.585. The molecular weight excluding hydrogens is 246 g/mol. The van der Waals surface area contributed by atoms with Crippen molar-refractivity contribution in [1.82, 2.24) is 5.32 Å². The van der Waals surface area contributed by atoms with Crippen molar-refractivity contribution in [3.05, 3.63) is 70.8 Å². The first-order chi connectivity index (χ1) is 9.20. The molecule has 96 valence electrons. The fraction of sp³-hybridized carbons (Fsp3) is 0.133. The van der Waals surface area contributed by atoms with Crippen LogP contribution in [-0.4, -0.2) is 0 Å². The second-order valence-corrected chi connectivity index (χ2v) is 4.11. The van der Waals surface area contributed by atoms with Crippen LogP contribution in [0.25, 0.3) is 0 Å². The third-order valence-corrected chi connectivity index (χ3v) is 2.78. The highest BCUT2D eigenvalue weighted by molar-refractivity contribution is 5.37. The zero-order valence-corrected chi connectivity index (χ0v) is 10.2. The Morgan fingerprint density at radius 1 is 1.00 bits per heavy atom. The van der Waals surface area contributed by atoms with E-state index in [-0.39, 0.29) is 11.6 Å². The van der Waals surface area contributed by atoms with E-state index in [0.29, 0.717) is 29.8 Å². The summed E-state index contributed by atoms with van der Waals surface area (Å²) in [4.78, 5) is 0. The molecule has 2 aromatic rings. The van der Waals surface area contributed by atoms with Gasteiger partial charge in [0.25, 0.3) is 0 Å². The van der Waals surface area contributed by atoms with Crippen molar-refractivity contribution in [2.45, 2.75) is 13.1 Å². The molecule has 0 bridgehead atoms. The average molecular weight is 258 g/mol. The highest BCUT2D eigenvalue weighted by Gasteiger charge is 2.04. The number of nitrogens with zero attached hydrogens (tertiary/aromatic N) is 1. The van der Waals surface area contributed by atoms with Crippen LogP contribution in [0.4, 0.5) is 8.78 Å². The maximum atomic E-state index is 13.4. The van der Waals surface area contributed by atoms with E-state index in [1.807, 2.05) is 6.07 Å². The lowest BCUT2D eigenvalue weighted by Crippen LogP contribution is -2.14. The van der Waals surface area contributed by atoms with Gasteiger partial charge in [-0.2, -0.15) is 5.26 Å². The van der Waals surface area contributed by atoms with Crippen LogP contribution in [0.3, 0.4) is 0 Å². The monoisotopic (exact) mass is 258 g/mol. The van der Waals surface area contributed by atoms with E-state index in [1.54, 1.807) is 18.2 Å². The molecule has 4 heteroatoms. The van der Waals surface area contributed by atoms with Gasteiger partial charge >= 0.3 is 0 Å². The average Bonchev–Trinajstić information content (AvgIpc) is 2.41. The topological polar surface area (TPSA) is 35.8 Å². The van der Waals surface area contributed by atoms with Gasteiger partial charge in [0.05, 0.1) is 11.6 Å². The summed E-state index contributed by atoms with van der Waals surface area (Å²) in [7, 11) is 0. The summed E-state index contributed by atoms with van der Waals surface area (Å²) in [6, 6.07) is 12.4. The molecule has 0 aliphatic rings. The van der Waals surface area contributed by atoms with Crippen LogP contribution in [-0.2, 0) is 13.1 Å². The molecule has 0 aliphatic heterocycles. The molecular formula is C15H12F2N2. The summed E-state index contributed by atoms with van der Waals surface area (Å²) in [5.74, 6) is -0.670. The molecule has 0 aliphatic carbocycles. The van der Waals surface area contributed by atoms with Gasteiger partial charge in [-0.15, -0.1) is 0 Å². The molecule has 0 spiro atoms. The zero-order chi connectivity index (χ0) is 13.7. The van der Waals surface area contributed by atoms with Crippen LogP contribution in [0, 0.1) is 23.0 Å². The van der Waals surface area contributed by atoms with Crippen LogP contribution in [0.15, 0.2) is 42.5 Å². The van der Waals surface area contributed by atoms with Crippen LogP contribution >= 0.6 is 0 Å². The van der Waals surface area contributed by atoms with E-state index in [0.717, 1.165) is 0 Å². The molecule has 0 fully saturated rings. The first-order valence-electron chi connectivity index (χ1n) is 5.83. The number of rotatable bonds is 4. The van der Waals surface area contributed by atoms with Gasteiger partial charge in [0.1, 0.15) is 11.6 Å². The summed E-state index contributed by atoms with van der Waals surface area (Å²) in [5.41, 5.74) is 1.53. The molecule has 0 saturated carbocycles. The SMILES string of the molecule is N#Cc1ccc(F)cc1CNCc1ccccc1F. The molecule has 2 aromatic carbocycles. The van der Waals surface area contributed by atoms with Crippen LogP contribution in [0.5, 0.6) is 0 Å². The Morgan fingerprint density at radius 2 is 1.74 bits per heavy atom. The third kappa shape index (κ3) is 3.36. The van der Waals surface area contributed by atoms with E-state index in [9.17, 15) is 8.78 Å². The zero-order valence-electron chi connectivity index (χ0n) is 10.2. The molecule has 0 radical (unpaired) electrons. The number of halogens is 2. The molecule has 0 aromatic heterocycles. The van der Waals surface area contributed by atoms with Gasteiger partial charge in [0.15, 0.2) is 0 Å². The second kappa shape index (κ2) is 6.07. The van der Waals surface area contributed by atoms with Gasteiger partial charge in [-0.3, -0.25) is 0 Å². The fourth-order valence-electron chi connectivity index (χ4n) is 1.79. The Morgan fingerprint density at radius 3 is 2.47 bits per heavy atom. The van der Waals surface area contributed by atoms with Crippen molar-refractivity contribution in [3.8, 4) is 6.07 Å². The van der Waals surface area contributed by atoms with Crippen molar-refractivity contribution in [2.75, 3.05) is 0 Å². The van der Waals surface area contributed by atoms with Crippen molar-refractivity contribution in [1.29, 1.82) is 5.26 Å². The van der Waals surface area contributed by atoms with Crippen molar-refractivity contribution < 1.29 is 8.78 Å². The van der Waals surface area contributed by atoms with Gasteiger partial charge in [0.2, 0.25) is 0 Å². The minimum Gasteiger partial charge on any atom is -0.308 e. The minimum atomic E-state index is -0.387. The Bertz CT molecular complexity index is 618. The normalized spacial score (nSPS) is 10.2. The predicted molar refractivity (Wildman–Crippen MR) is 68.1 cm³/mol. The number of benzene rings is 2. The lowest BCUT2D eigenvalue weighted by Gasteiger charge is -2.07. The maximum absolute atomic E-state index is 13.4. The summed E-state index contributed by atoms with van der Waals surface area (Å²) >= 11 is 0. The third-order valence-electron chi connectivity index (χ3n) is 2.78. The molecule has 2 rings (SSSR count). The quantitative estimate of drug-likeness (QED) is 0.914. The van der Waals surface area contributed by atoms with Crippen molar-refractivity contribution in [2.24, 2.45) is 0 Å². The van der Waals surface area contributed by atoms with E-state index in [4.69, 9.17) is 5.26 Å². The Labute approximate surface area is 110 Å². The standard InChI is InChI=1S/C15H12F2N2/c16-14-6-5-11(8-18)13(7-14)10-19-9-12-3-1-2-4-15(12)17/h1-7,19H,9-10H2. The smallest absolute Gasteiger partial charge is 0.127 e. The summed E-state index contributed by atoms with van der Waals surface area (Å²) in [5, 5.41) is 11.9. The predicted octanol–water partition coefficient (Wildman–Crippen LogP) is 3.13. The minimum absolute atomic E-state index is 0.283. The summed E-state index contributed by atoms with van der Waals surface area (Å²) in [6.07, 6.45) is 0. The molecule has 19 heavy (non-hydrogen) atoms. The van der Waals surface area contributed by atoms with Crippen molar-refractivity contribution >= 4 is 0 Å².